The van der Waals surface area contributed by atoms with E-state index in [1.165, 1.54) is 37.9 Å². The molecule has 2 atom stereocenters. The molecule has 3 heteroatoms. The molecule has 3 nitrogen and oxygen atoms in total. The van der Waals surface area contributed by atoms with Gasteiger partial charge in [0.2, 0.25) is 0 Å². The van der Waals surface area contributed by atoms with Crippen LogP contribution in [0.5, 0.6) is 0 Å². The zero-order valence-corrected chi connectivity index (χ0v) is 20.0. The van der Waals surface area contributed by atoms with Crippen LogP contribution in [0.15, 0.2) is 60.7 Å². The molecule has 0 amide bonds. The molecule has 0 radical (unpaired) electrons. The fourth-order valence-corrected chi connectivity index (χ4v) is 6.80. The van der Waals surface area contributed by atoms with E-state index in [0.29, 0.717) is 5.92 Å². The van der Waals surface area contributed by atoms with Crippen LogP contribution in [0.4, 0.5) is 0 Å². The fraction of sp³-hybridized carbons (Fsp3) is 0.533. The van der Waals surface area contributed by atoms with Crippen LogP contribution in [-0.2, 0) is 16.9 Å². The third-order valence-electron chi connectivity index (χ3n) is 8.73. The average Bonchev–Trinajstić information content (AvgIpc) is 2.89. The molecule has 33 heavy (non-hydrogen) atoms. The number of rotatable bonds is 5. The predicted molar refractivity (Wildman–Crippen MR) is 132 cm³/mol. The van der Waals surface area contributed by atoms with E-state index >= 15 is 0 Å². The summed E-state index contributed by atoms with van der Waals surface area (Å²) in [5, 5.41) is 12.1. The Bertz CT molecular complexity index is 980. The number of piperidine rings is 3. The zero-order valence-electron chi connectivity index (χ0n) is 20.0. The smallest absolute Gasteiger partial charge is 0.179 e. The summed E-state index contributed by atoms with van der Waals surface area (Å²) in [5.41, 5.74) is 0.732. The quantitative estimate of drug-likeness (QED) is 0.502. The second kappa shape index (κ2) is 9.26. The molecule has 1 saturated carbocycles. The van der Waals surface area contributed by atoms with Gasteiger partial charge in [0, 0.05) is 37.4 Å². The molecule has 3 heterocycles. The number of nitrogens with zero attached hydrogens (tertiary/aromatic N) is 1. The lowest BCUT2D eigenvalue weighted by Crippen LogP contribution is -2.68. The molecule has 4 aliphatic rings. The lowest BCUT2D eigenvalue weighted by Gasteiger charge is -2.56. The van der Waals surface area contributed by atoms with Gasteiger partial charge >= 0.3 is 0 Å². The van der Waals surface area contributed by atoms with Crippen LogP contribution in [0.2, 0.25) is 0 Å². The molecule has 4 fully saturated rings. The first-order valence-corrected chi connectivity index (χ1v) is 12.8. The molecule has 2 aromatic rings. The lowest BCUT2D eigenvalue weighted by molar-refractivity contribution is -0.961. The first kappa shape index (κ1) is 22.7. The topological polar surface area (TPSA) is 29.5 Å². The molecule has 174 valence electrons. The highest BCUT2D eigenvalue weighted by atomic mass is 16.5. The van der Waals surface area contributed by atoms with E-state index < -0.39 is 11.2 Å². The first-order valence-electron chi connectivity index (χ1n) is 12.8. The Hall–Kier alpha value is -2.12. The third kappa shape index (κ3) is 4.37. The monoisotopic (exact) mass is 444 g/mol. The molecule has 2 bridgehead atoms. The van der Waals surface area contributed by atoms with E-state index in [1.807, 2.05) is 37.4 Å². The molecule has 3 saturated heterocycles. The minimum atomic E-state index is -1.11. The number of hydrogen-bond donors (Lipinski definition) is 1. The minimum Gasteiger partial charge on any atom is -0.373 e. The van der Waals surface area contributed by atoms with Gasteiger partial charge in [-0.05, 0) is 18.4 Å². The highest BCUT2D eigenvalue weighted by molar-refractivity contribution is 5.36. The Morgan fingerprint density at radius 2 is 1.58 bits per heavy atom. The molecule has 3 aliphatic heterocycles. The zero-order chi connectivity index (χ0) is 22.8. The van der Waals surface area contributed by atoms with E-state index in [4.69, 9.17) is 4.74 Å². The highest BCUT2D eigenvalue weighted by Crippen LogP contribution is 2.44. The van der Waals surface area contributed by atoms with Crippen molar-refractivity contribution in [1.29, 1.82) is 0 Å². The minimum absolute atomic E-state index is 0.184. The normalized spacial score (nSPS) is 31.4. The summed E-state index contributed by atoms with van der Waals surface area (Å²) in [6.45, 7) is 4.33. The second-order valence-corrected chi connectivity index (χ2v) is 10.7. The Morgan fingerprint density at radius 3 is 2.21 bits per heavy atom. The van der Waals surface area contributed by atoms with Crippen molar-refractivity contribution in [3.05, 3.63) is 71.8 Å². The van der Waals surface area contributed by atoms with Crippen LogP contribution in [0.1, 0.15) is 56.1 Å². The molecule has 6 rings (SSSR count). The highest BCUT2D eigenvalue weighted by Gasteiger charge is 2.55. The van der Waals surface area contributed by atoms with Crippen molar-refractivity contribution < 1.29 is 14.3 Å². The predicted octanol–water partition coefficient (Wildman–Crippen LogP) is 5.28. The Labute approximate surface area is 199 Å². The van der Waals surface area contributed by atoms with E-state index in [9.17, 15) is 5.11 Å². The molecule has 1 aliphatic carbocycles. The van der Waals surface area contributed by atoms with E-state index in [-0.39, 0.29) is 5.92 Å². The van der Waals surface area contributed by atoms with Crippen molar-refractivity contribution in [3.63, 3.8) is 0 Å². The summed E-state index contributed by atoms with van der Waals surface area (Å²) in [6.07, 6.45) is 7.98. The standard InChI is InChI=1S/C30H38NO2/c1-33-29(24-31(21-17-26(29)18-22-31)23-25-11-5-2-6-12-25)19-20-30(32,27-13-7-3-8-14-27)28-15-9-4-10-16-28/h2-3,5-8,11-14,26,28,32H,4,9-10,15-18,21-24H2,1H3/q+1. The van der Waals surface area contributed by atoms with Gasteiger partial charge in [-0.25, -0.2) is 0 Å². The van der Waals surface area contributed by atoms with Crippen molar-refractivity contribution in [2.45, 2.75) is 62.7 Å². The molecule has 1 N–H and O–H groups in total. The largest absolute Gasteiger partial charge is 0.373 e. The summed E-state index contributed by atoms with van der Waals surface area (Å²) in [5.74, 6) is 7.73. The van der Waals surface area contributed by atoms with Crippen LogP contribution in [0.25, 0.3) is 0 Å². The van der Waals surface area contributed by atoms with Crippen molar-refractivity contribution in [1.82, 2.24) is 0 Å². The van der Waals surface area contributed by atoms with Gasteiger partial charge in [-0.3, -0.25) is 0 Å². The van der Waals surface area contributed by atoms with Gasteiger partial charge in [0.05, 0.1) is 13.1 Å². The lowest BCUT2D eigenvalue weighted by atomic mass is 9.71. The Kier molecular flexibility index (Phi) is 6.36. The van der Waals surface area contributed by atoms with Crippen LogP contribution in [-0.4, -0.2) is 41.9 Å². The number of quaternary nitrogens is 1. The van der Waals surface area contributed by atoms with Crippen LogP contribution in [0.3, 0.4) is 0 Å². The molecule has 2 unspecified atom stereocenters. The molecule has 0 aromatic heterocycles. The van der Waals surface area contributed by atoms with Crippen molar-refractivity contribution in [3.8, 4) is 11.8 Å². The van der Waals surface area contributed by atoms with Crippen molar-refractivity contribution in [2.24, 2.45) is 11.8 Å². The average molecular weight is 445 g/mol. The molecular weight excluding hydrogens is 406 g/mol. The number of hydrogen-bond acceptors (Lipinski definition) is 2. The summed E-state index contributed by atoms with van der Waals surface area (Å²) in [4.78, 5) is 0. The Morgan fingerprint density at radius 1 is 0.939 bits per heavy atom. The van der Waals surface area contributed by atoms with Crippen LogP contribution < -0.4 is 0 Å². The maximum atomic E-state index is 12.1. The van der Waals surface area contributed by atoms with Gasteiger partial charge in [-0.1, -0.05) is 91.8 Å². The van der Waals surface area contributed by atoms with Crippen molar-refractivity contribution >= 4 is 0 Å². The number of ether oxygens (including phenoxy) is 1. The van der Waals surface area contributed by atoms with Gasteiger partial charge in [-0.15, -0.1) is 0 Å². The summed E-state index contributed by atoms with van der Waals surface area (Å²) in [6, 6.07) is 21.0. The summed E-state index contributed by atoms with van der Waals surface area (Å²) >= 11 is 0. The number of methoxy groups -OCH3 is 1. The van der Waals surface area contributed by atoms with E-state index in [2.05, 4.69) is 42.2 Å². The number of benzene rings is 2. The van der Waals surface area contributed by atoms with Gasteiger partial charge in [-0.2, -0.15) is 0 Å². The number of fused-ring (bicyclic) bond motifs is 3. The molecular formula is C30H38NO2+. The van der Waals surface area contributed by atoms with Crippen molar-refractivity contribution in [2.75, 3.05) is 26.7 Å². The Balaban J connectivity index is 1.49. The maximum absolute atomic E-state index is 12.1. The molecule has 0 spiro atoms. The van der Waals surface area contributed by atoms with Crippen LogP contribution >= 0.6 is 0 Å². The number of aliphatic hydroxyl groups is 1. The maximum Gasteiger partial charge on any atom is 0.179 e. The second-order valence-electron chi connectivity index (χ2n) is 10.7. The summed E-state index contributed by atoms with van der Waals surface area (Å²) in [7, 11) is 1.83. The van der Waals surface area contributed by atoms with Crippen LogP contribution in [0, 0.1) is 23.7 Å². The first-order chi connectivity index (χ1) is 16.1. The SMILES string of the molecule is COC1(C#CC(O)(c2ccccc2)C2CCCCC2)C[N+]2(Cc3ccccc3)CCC1CC2. The fourth-order valence-electron chi connectivity index (χ4n) is 6.80. The van der Waals surface area contributed by atoms with E-state index in [0.717, 1.165) is 48.8 Å². The van der Waals surface area contributed by atoms with Gasteiger partial charge in [0.1, 0.15) is 13.1 Å². The summed E-state index contributed by atoms with van der Waals surface area (Å²) < 4.78 is 7.33. The van der Waals surface area contributed by atoms with Gasteiger partial charge in [0.25, 0.3) is 0 Å². The third-order valence-corrected chi connectivity index (χ3v) is 8.73. The van der Waals surface area contributed by atoms with Gasteiger partial charge in [0.15, 0.2) is 11.2 Å². The van der Waals surface area contributed by atoms with E-state index in [1.54, 1.807) is 0 Å². The molecule has 2 aromatic carbocycles. The van der Waals surface area contributed by atoms with Gasteiger partial charge < -0.3 is 14.3 Å².